The highest BCUT2D eigenvalue weighted by molar-refractivity contribution is 5.94. The SMILES string of the molecule is C=C1C(=O)OC2/C=C(\C)CC/C=C(\C)C(OC(C)=O)C(OC(=O)C3(C)OC3C)C12O. The van der Waals surface area contributed by atoms with E-state index in [1.165, 1.54) is 6.92 Å². The van der Waals surface area contributed by atoms with Crippen LogP contribution in [-0.2, 0) is 33.3 Å². The molecule has 0 spiro atoms. The molecule has 6 unspecified atom stereocenters. The van der Waals surface area contributed by atoms with Gasteiger partial charge in [0.05, 0.1) is 11.7 Å². The van der Waals surface area contributed by atoms with Gasteiger partial charge in [0.15, 0.2) is 29.5 Å². The van der Waals surface area contributed by atoms with Crippen molar-refractivity contribution in [2.24, 2.45) is 0 Å². The van der Waals surface area contributed by atoms with Crippen LogP contribution in [-0.4, -0.2) is 58.6 Å². The van der Waals surface area contributed by atoms with Crippen molar-refractivity contribution in [2.75, 3.05) is 0 Å². The molecule has 0 aromatic heterocycles. The molecule has 8 heteroatoms. The van der Waals surface area contributed by atoms with Gasteiger partial charge in [-0.3, -0.25) is 4.79 Å². The van der Waals surface area contributed by atoms with Gasteiger partial charge in [-0.15, -0.1) is 0 Å². The average Bonchev–Trinajstić information content (AvgIpc) is 3.22. The first-order valence-electron chi connectivity index (χ1n) is 9.94. The van der Waals surface area contributed by atoms with Gasteiger partial charge in [-0.1, -0.05) is 18.2 Å². The van der Waals surface area contributed by atoms with E-state index < -0.39 is 47.4 Å². The zero-order chi connectivity index (χ0) is 22.4. The highest BCUT2D eigenvalue weighted by Crippen LogP contribution is 2.43. The van der Waals surface area contributed by atoms with Crippen LogP contribution in [0.2, 0.25) is 0 Å². The van der Waals surface area contributed by atoms with Crippen LogP contribution >= 0.6 is 0 Å². The molecule has 0 aromatic carbocycles. The number of carbonyl (C=O) groups is 3. The Hall–Kier alpha value is -2.45. The Morgan fingerprint density at radius 3 is 2.50 bits per heavy atom. The van der Waals surface area contributed by atoms with E-state index in [-0.39, 0.29) is 11.7 Å². The molecule has 1 N–H and O–H groups in total. The van der Waals surface area contributed by atoms with Gasteiger partial charge in [-0.2, -0.15) is 0 Å². The molecule has 30 heavy (non-hydrogen) atoms. The molecule has 0 saturated carbocycles. The molecule has 2 saturated heterocycles. The van der Waals surface area contributed by atoms with Gasteiger partial charge in [0.2, 0.25) is 0 Å². The Labute approximate surface area is 175 Å². The van der Waals surface area contributed by atoms with Gasteiger partial charge in [0.1, 0.15) is 0 Å². The van der Waals surface area contributed by atoms with E-state index in [0.717, 1.165) is 5.57 Å². The van der Waals surface area contributed by atoms with Gasteiger partial charge in [-0.05, 0) is 52.2 Å². The van der Waals surface area contributed by atoms with E-state index in [4.69, 9.17) is 18.9 Å². The average molecular weight is 420 g/mol. The molecule has 6 atom stereocenters. The molecule has 2 aliphatic heterocycles. The molecule has 0 bridgehead atoms. The topological polar surface area (TPSA) is 112 Å². The molecule has 0 amide bonds. The van der Waals surface area contributed by atoms with E-state index in [2.05, 4.69) is 6.58 Å². The maximum Gasteiger partial charge on any atom is 0.341 e. The van der Waals surface area contributed by atoms with Crippen LogP contribution < -0.4 is 0 Å². The quantitative estimate of drug-likeness (QED) is 0.242. The number of ether oxygens (including phenoxy) is 4. The molecule has 3 aliphatic rings. The Kier molecular flexibility index (Phi) is 5.68. The molecule has 1 aliphatic carbocycles. The van der Waals surface area contributed by atoms with Gasteiger partial charge < -0.3 is 24.1 Å². The fourth-order valence-corrected chi connectivity index (χ4v) is 3.83. The molecule has 164 valence electrons. The predicted molar refractivity (Wildman–Crippen MR) is 105 cm³/mol. The number of esters is 3. The second-order valence-corrected chi connectivity index (χ2v) is 8.35. The molecule has 0 aromatic rings. The first kappa shape index (κ1) is 22.2. The lowest BCUT2D eigenvalue weighted by Crippen LogP contribution is -2.58. The number of rotatable bonds is 3. The third-order valence-corrected chi connectivity index (χ3v) is 6.07. The number of carbonyl (C=O) groups excluding carboxylic acids is 3. The smallest absolute Gasteiger partial charge is 0.341 e. The summed E-state index contributed by atoms with van der Waals surface area (Å²) in [5, 5.41) is 11.7. The summed E-state index contributed by atoms with van der Waals surface area (Å²) in [6.07, 6.45) is 0.621. The van der Waals surface area contributed by atoms with Crippen LogP contribution in [0.3, 0.4) is 0 Å². The summed E-state index contributed by atoms with van der Waals surface area (Å²) in [7, 11) is 0. The van der Waals surface area contributed by atoms with Crippen LogP contribution in [0.15, 0.2) is 35.5 Å². The number of allylic oxidation sites excluding steroid dienone is 2. The van der Waals surface area contributed by atoms with Crippen molar-refractivity contribution in [1.82, 2.24) is 0 Å². The van der Waals surface area contributed by atoms with E-state index in [0.29, 0.717) is 18.4 Å². The standard InChI is InChI=1S/C22H28O8/c1-11-8-7-9-12(2)17(27-15(5)23)18(29-20(25)21(6)14(4)30-21)22(26)13(3)19(24)28-16(22)10-11/h9-10,14,16-18,26H,3,7-8H2,1-2,4-6H3/b11-10+,12-9+. The Morgan fingerprint density at radius 1 is 1.30 bits per heavy atom. The van der Waals surface area contributed by atoms with Crippen LogP contribution in [0.25, 0.3) is 0 Å². The number of fused-ring (bicyclic) bond motifs is 1. The second-order valence-electron chi connectivity index (χ2n) is 8.35. The largest absolute Gasteiger partial charge is 0.454 e. The maximum atomic E-state index is 12.9. The van der Waals surface area contributed by atoms with Crippen LogP contribution in [0.4, 0.5) is 0 Å². The minimum Gasteiger partial charge on any atom is -0.454 e. The molecular formula is C22H28O8. The van der Waals surface area contributed by atoms with Gasteiger partial charge in [0.25, 0.3) is 0 Å². The molecule has 0 radical (unpaired) electrons. The summed E-state index contributed by atoms with van der Waals surface area (Å²) in [6, 6.07) is 0. The van der Waals surface area contributed by atoms with E-state index in [1.807, 2.05) is 13.0 Å². The van der Waals surface area contributed by atoms with Crippen LogP contribution in [0.1, 0.15) is 47.5 Å². The van der Waals surface area contributed by atoms with Crippen LogP contribution in [0.5, 0.6) is 0 Å². The summed E-state index contributed by atoms with van der Waals surface area (Å²) >= 11 is 0. The lowest BCUT2D eigenvalue weighted by Gasteiger charge is -2.39. The number of epoxide rings is 1. The summed E-state index contributed by atoms with van der Waals surface area (Å²) in [6.45, 7) is 11.8. The first-order chi connectivity index (χ1) is 13.9. The zero-order valence-corrected chi connectivity index (χ0v) is 17.9. The fraction of sp³-hybridized carbons (Fsp3) is 0.591. The van der Waals surface area contributed by atoms with Crippen molar-refractivity contribution >= 4 is 17.9 Å². The third-order valence-electron chi connectivity index (χ3n) is 6.07. The summed E-state index contributed by atoms with van der Waals surface area (Å²) < 4.78 is 21.9. The highest BCUT2D eigenvalue weighted by atomic mass is 16.7. The molecule has 2 heterocycles. The summed E-state index contributed by atoms with van der Waals surface area (Å²) in [5.74, 6) is -2.17. The zero-order valence-electron chi connectivity index (χ0n) is 17.9. The van der Waals surface area contributed by atoms with Crippen LogP contribution in [0, 0.1) is 0 Å². The van der Waals surface area contributed by atoms with Crippen molar-refractivity contribution in [3.05, 3.63) is 35.5 Å². The minimum absolute atomic E-state index is 0.269. The highest BCUT2D eigenvalue weighted by Gasteiger charge is 2.64. The normalized spacial score (nSPS) is 42.1. The maximum absolute atomic E-state index is 12.9. The lowest BCUT2D eigenvalue weighted by atomic mass is 9.79. The molecule has 2 fully saturated rings. The van der Waals surface area contributed by atoms with Crippen molar-refractivity contribution in [3.8, 4) is 0 Å². The van der Waals surface area contributed by atoms with Gasteiger partial charge >= 0.3 is 17.9 Å². The predicted octanol–water partition coefficient (Wildman–Crippen LogP) is 1.91. The Balaban J connectivity index is 2.13. The minimum atomic E-state index is -2.13. The molecule has 8 nitrogen and oxygen atoms in total. The monoisotopic (exact) mass is 420 g/mol. The van der Waals surface area contributed by atoms with Crippen molar-refractivity contribution in [3.63, 3.8) is 0 Å². The molecular weight excluding hydrogens is 392 g/mol. The van der Waals surface area contributed by atoms with Crippen molar-refractivity contribution in [2.45, 2.75) is 83.1 Å². The number of hydrogen-bond acceptors (Lipinski definition) is 8. The Bertz CT molecular complexity index is 855. The van der Waals surface area contributed by atoms with Crippen molar-refractivity contribution < 1.29 is 38.4 Å². The van der Waals surface area contributed by atoms with Crippen molar-refractivity contribution in [1.29, 1.82) is 0 Å². The molecule has 3 rings (SSSR count). The van der Waals surface area contributed by atoms with Gasteiger partial charge in [0, 0.05) is 6.92 Å². The fourth-order valence-electron chi connectivity index (χ4n) is 3.83. The number of hydrogen-bond donors (Lipinski definition) is 1. The van der Waals surface area contributed by atoms with Gasteiger partial charge in [-0.25, -0.2) is 9.59 Å². The van der Waals surface area contributed by atoms with E-state index >= 15 is 0 Å². The summed E-state index contributed by atoms with van der Waals surface area (Å²) in [5.41, 5.74) is -2.13. The lowest BCUT2D eigenvalue weighted by molar-refractivity contribution is -0.190. The van der Waals surface area contributed by atoms with E-state index in [1.54, 1.807) is 26.8 Å². The third kappa shape index (κ3) is 3.70. The summed E-state index contributed by atoms with van der Waals surface area (Å²) in [4.78, 5) is 37.1. The first-order valence-corrected chi connectivity index (χ1v) is 9.94. The van der Waals surface area contributed by atoms with E-state index in [9.17, 15) is 19.5 Å². The Morgan fingerprint density at radius 2 is 1.93 bits per heavy atom. The number of aliphatic hydroxyl groups is 1. The second kappa shape index (κ2) is 7.67.